The number of likely N-dealkylation sites (tertiary alicyclic amines) is 1. The Morgan fingerprint density at radius 2 is 1.73 bits per heavy atom. The van der Waals surface area contributed by atoms with Gasteiger partial charge in [0.2, 0.25) is 0 Å². The van der Waals surface area contributed by atoms with Crippen molar-refractivity contribution in [1.82, 2.24) is 4.90 Å². The van der Waals surface area contributed by atoms with Crippen LogP contribution in [0, 0.1) is 3.57 Å². The second-order valence-corrected chi connectivity index (χ2v) is 7.95. The fourth-order valence-corrected chi connectivity index (χ4v) is 4.45. The number of rotatable bonds is 4. The van der Waals surface area contributed by atoms with E-state index >= 15 is 0 Å². The van der Waals surface area contributed by atoms with Crippen LogP contribution in [-0.4, -0.2) is 48.5 Å². The van der Waals surface area contributed by atoms with Crippen LogP contribution in [-0.2, 0) is 10.9 Å². The summed E-state index contributed by atoms with van der Waals surface area (Å²) >= 11 is 1.68. The van der Waals surface area contributed by atoms with E-state index in [-0.39, 0.29) is 15.3 Å². The fourth-order valence-electron chi connectivity index (χ4n) is 3.68. The van der Waals surface area contributed by atoms with E-state index < -0.39 is 11.7 Å². The van der Waals surface area contributed by atoms with Crippen molar-refractivity contribution in [3.63, 3.8) is 0 Å². The second-order valence-electron chi connectivity index (χ2n) is 6.79. The average Bonchev–Trinajstić information content (AvgIpc) is 2.62. The van der Waals surface area contributed by atoms with E-state index in [0.29, 0.717) is 11.7 Å². The van der Waals surface area contributed by atoms with Crippen LogP contribution in [0.4, 0.5) is 24.5 Å². The first-order chi connectivity index (χ1) is 12.4. The Balaban J connectivity index is 1.63. The zero-order valence-electron chi connectivity index (χ0n) is 14.3. The number of alkyl halides is 3. The zero-order chi connectivity index (χ0) is 18.7. The van der Waals surface area contributed by atoms with Gasteiger partial charge in [-0.3, -0.25) is 10.7 Å². The summed E-state index contributed by atoms with van der Waals surface area (Å²) in [7, 11) is 0. The van der Waals surface area contributed by atoms with Gasteiger partial charge in [-0.15, -0.1) is 0 Å². The Morgan fingerprint density at radius 1 is 1.08 bits per heavy atom. The highest BCUT2D eigenvalue weighted by Gasteiger charge is 2.34. The lowest BCUT2D eigenvalue weighted by Crippen LogP contribution is -2.46. The quantitative estimate of drug-likeness (QED) is 0.442. The molecule has 2 aliphatic rings. The molecule has 1 aromatic carbocycles. The Morgan fingerprint density at radius 3 is 2.31 bits per heavy atom. The molecular formula is C17H23F3IN3O2. The maximum Gasteiger partial charge on any atom is 0.417 e. The maximum absolute atomic E-state index is 13.0. The van der Waals surface area contributed by atoms with Crippen LogP contribution in [0.25, 0.3) is 0 Å². The minimum Gasteiger partial charge on any atom is -0.381 e. The summed E-state index contributed by atoms with van der Waals surface area (Å²) in [6.07, 6.45) is -0.489. The summed E-state index contributed by atoms with van der Waals surface area (Å²) in [6, 6.07) is 3.13. The van der Waals surface area contributed by atoms with Crippen molar-refractivity contribution in [2.75, 3.05) is 37.1 Å². The standard InChI is InChI=1S/C17H23F3IN3O2/c18-17(19,20)13-9-16(23-25)15(10-14(13)21)22-11-1-5-24(6-2-11)12-3-7-26-8-4-12/h9-12,22-23,25H,1-8H2. The van der Waals surface area contributed by atoms with E-state index in [2.05, 4.69) is 10.2 Å². The highest BCUT2D eigenvalue weighted by Crippen LogP contribution is 2.38. The number of anilines is 2. The number of hydrogen-bond donors (Lipinski definition) is 3. The van der Waals surface area contributed by atoms with Crippen LogP contribution in [0.15, 0.2) is 12.1 Å². The SMILES string of the molecule is ONc1cc(C(F)(F)F)c(I)cc1NC1CCN(C2CCOCC2)CC1. The fraction of sp³-hybridized carbons (Fsp3) is 0.647. The first-order valence-corrected chi connectivity index (χ1v) is 9.85. The van der Waals surface area contributed by atoms with E-state index in [1.165, 1.54) is 6.07 Å². The van der Waals surface area contributed by atoms with E-state index in [4.69, 9.17) is 4.74 Å². The zero-order valence-corrected chi connectivity index (χ0v) is 16.4. The minimum absolute atomic E-state index is 0.0459. The van der Waals surface area contributed by atoms with E-state index in [1.54, 1.807) is 22.6 Å². The van der Waals surface area contributed by atoms with Gasteiger partial charge >= 0.3 is 6.18 Å². The summed E-state index contributed by atoms with van der Waals surface area (Å²) in [5.74, 6) is 0. The maximum atomic E-state index is 13.0. The van der Waals surface area contributed by atoms with Crippen LogP contribution in [0.3, 0.4) is 0 Å². The third kappa shape index (κ3) is 4.73. The molecule has 9 heteroatoms. The van der Waals surface area contributed by atoms with Gasteiger partial charge in [-0.25, -0.2) is 0 Å². The number of halogens is 4. The Hall–Kier alpha value is -0.780. The Kier molecular flexibility index (Phi) is 6.52. The molecule has 2 aliphatic heterocycles. The lowest BCUT2D eigenvalue weighted by molar-refractivity contribution is -0.138. The summed E-state index contributed by atoms with van der Waals surface area (Å²) < 4.78 is 44.6. The Labute approximate surface area is 164 Å². The summed E-state index contributed by atoms with van der Waals surface area (Å²) in [5, 5.41) is 12.6. The van der Waals surface area contributed by atoms with Crippen molar-refractivity contribution in [2.45, 2.75) is 43.9 Å². The highest BCUT2D eigenvalue weighted by molar-refractivity contribution is 14.1. The van der Waals surface area contributed by atoms with Crippen LogP contribution < -0.4 is 10.8 Å². The van der Waals surface area contributed by atoms with Crippen LogP contribution in [0.2, 0.25) is 0 Å². The van der Waals surface area contributed by atoms with Gasteiger partial charge in [-0.1, -0.05) is 0 Å². The largest absolute Gasteiger partial charge is 0.417 e. The molecule has 5 nitrogen and oxygen atoms in total. The van der Waals surface area contributed by atoms with Crippen LogP contribution >= 0.6 is 22.6 Å². The number of nitrogens with one attached hydrogen (secondary N) is 2. The molecule has 3 N–H and O–H groups in total. The topological polar surface area (TPSA) is 56.8 Å². The van der Waals surface area contributed by atoms with Crippen molar-refractivity contribution in [3.05, 3.63) is 21.3 Å². The first-order valence-electron chi connectivity index (χ1n) is 8.77. The summed E-state index contributed by atoms with van der Waals surface area (Å²) in [4.78, 5) is 2.49. The van der Waals surface area contributed by atoms with Gasteiger partial charge in [0.25, 0.3) is 0 Å². The Bertz CT molecular complexity index is 616. The van der Waals surface area contributed by atoms with Crippen molar-refractivity contribution >= 4 is 34.0 Å². The van der Waals surface area contributed by atoms with Crippen molar-refractivity contribution in [1.29, 1.82) is 0 Å². The van der Waals surface area contributed by atoms with Gasteiger partial charge in [0, 0.05) is 42.0 Å². The van der Waals surface area contributed by atoms with Gasteiger partial charge in [-0.2, -0.15) is 13.2 Å². The molecule has 0 bridgehead atoms. The van der Waals surface area contributed by atoms with Crippen molar-refractivity contribution in [3.8, 4) is 0 Å². The van der Waals surface area contributed by atoms with Crippen molar-refractivity contribution < 1.29 is 23.1 Å². The normalized spacial score (nSPS) is 21.0. The second kappa shape index (κ2) is 8.49. The van der Waals surface area contributed by atoms with Crippen molar-refractivity contribution in [2.24, 2.45) is 0 Å². The first kappa shape index (κ1) is 20.0. The molecule has 1 aromatic rings. The molecule has 146 valence electrons. The lowest BCUT2D eigenvalue weighted by Gasteiger charge is -2.39. The van der Waals surface area contributed by atoms with Gasteiger partial charge in [0.15, 0.2) is 0 Å². The number of benzene rings is 1. The molecule has 0 radical (unpaired) electrons. The lowest BCUT2D eigenvalue weighted by atomic mass is 9.99. The molecular weight excluding hydrogens is 462 g/mol. The van der Waals surface area contributed by atoms with Crippen LogP contribution in [0.1, 0.15) is 31.2 Å². The van der Waals surface area contributed by atoms with Crippen LogP contribution in [0.5, 0.6) is 0 Å². The molecule has 0 amide bonds. The molecule has 3 rings (SSSR count). The van der Waals surface area contributed by atoms with Gasteiger partial charge < -0.3 is 15.0 Å². The summed E-state index contributed by atoms with van der Waals surface area (Å²) in [5.41, 5.74) is 1.68. The van der Waals surface area contributed by atoms with E-state index in [9.17, 15) is 18.4 Å². The number of nitrogens with zero attached hydrogens (tertiary/aromatic N) is 1. The molecule has 0 spiro atoms. The molecule has 26 heavy (non-hydrogen) atoms. The van der Waals surface area contributed by atoms with E-state index in [0.717, 1.165) is 58.1 Å². The number of ether oxygens (including phenoxy) is 1. The molecule has 2 heterocycles. The minimum atomic E-state index is -4.45. The highest BCUT2D eigenvalue weighted by atomic mass is 127. The molecule has 2 fully saturated rings. The van der Waals surface area contributed by atoms with Gasteiger partial charge in [-0.05, 0) is 60.4 Å². The average molecular weight is 485 g/mol. The summed E-state index contributed by atoms with van der Waals surface area (Å²) in [6.45, 7) is 3.56. The third-order valence-electron chi connectivity index (χ3n) is 5.13. The third-order valence-corrected chi connectivity index (χ3v) is 6.02. The predicted octanol–water partition coefficient (Wildman–Crippen LogP) is 4.17. The molecule has 0 aromatic heterocycles. The number of piperidine rings is 1. The van der Waals surface area contributed by atoms with Gasteiger partial charge in [0.05, 0.1) is 16.9 Å². The van der Waals surface area contributed by atoms with Gasteiger partial charge in [0.1, 0.15) is 0 Å². The molecule has 0 atom stereocenters. The van der Waals surface area contributed by atoms with E-state index in [1.807, 2.05) is 5.48 Å². The monoisotopic (exact) mass is 485 g/mol. The molecule has 0 saturated carbocycles. The molecule has 0 aliphatic carbocycles. The predicted molar refractivity (Wildman–Crippen MR) is 102 cm³/mol. The number of hydrogen-bond acceptors (Lipinski definition) is 5. The molecule has 2 saturated heterocycles. The smallest absolute Gasteiger partial charge is 0.381 e. The molecule has 0 unspecified atom stereocenters.